The molecule has 4 heteroatoms. The van der Waals surface area contributed by atoms with Gasteiger partial charge in [0.1, 0.15) is 0 Å². The lowest BCUT2D eigenvalue weighted by molar-refractivity contribution is 0.0366. The van der Waals surface area contributed by atoms with Crippen molar-refractivity contribution in [3.63, 3.8) is 0 Å². The van der Waals surface area contributed by atoms with E-state index in [1.807, 2.05) is 4.90 Å². The molecule has 2 heterocycles. The van der Waals surface area contributed by atoms with E-state index in [0.29, 0.717) is 5.92 Å². The van der Waals surface area contributed by atoms with Crippen LogP contribution in [0.2, 0.25) is 0 Å². The number of carbonyl (C=O) groups excluding carboxylic acids is 1. The average molecular weight is 251 g/mol. The predicted octanol–water partition coefficient (Wildman–Crippen LogP) is 1.69. The van der Waals surface area contributed by atoms with Gasteiger partial charge in [0.2, 0.25) is 0 Å². The van der Waals surface area contributed by atoms with Gasteiger partial charge in [0.15, 0.2) is 0 Å². The first kappa shape index (κ1) is 11.2. The highest BCUT2D eigenvalue weighted by molar-refractivity contribution is 7.14. The van der Waals surface area contributed by atoms with E-state index >= 15 is 0 Å². The highest BCUT2D eigenvalue weighted by Crippen LogP contribution is 2.31. The fraction of sp³-hybridized carbons (Fsp3) is 0.615. The number of carbonyl (C=O) groups is 1. The number of aliphatic hydroxyl groups excluding tert-OH is 1. The van der Waals surface area contributed by atoms with Crippen LogP contribution in [-0.2, 0) is 12.8 Å². The first-order valence-corrected chi connectivity index (χ1v) is 7.11. The van der Waals surface area contributed by atoms with Crippen LogP contribution < -0.4 is 0 Å². The van der Waals surface area contributed by atoms with Crippen LogP contribution in [0.25, 0.3) is 0 Å². The lowest BCUT2D eigenvalue weighted by Gasteiger charge is -2.37. The van der Waals surface area contributed by atoms with Gasteiger partial charge in [-0.2, -0.15) is 0 Å². The highest BCUT2D eigenvalue weighted by atomic mass is 32.1. The molecule has 0 saturated carbocycles. The summed E-state index contributed by atoms with van der Waals surface area (Å²) in [7, 11) is 0. The zero-order chi connectivity index (χ0) is 11.8. The molecule has 17 heavy (non-hydrogen) atoms. The quantitative estimate of drug-likeness (QED) is 0.869. The van der Waals surface area contributed by atoms with Gasteiger partial charge < -0.3 is 10.0 Å². The molecule has 0 atom stereocenters. The first-order chi connectivity index (χ1) is 8.28. The standard InChI is InChI=1S/C13H17NO2S/c15-8-9-6-14(7-9)13(16)12-5-10-3-1-2-4-11(10)17-12/h5,9,15H,1-4,6-8H2. The number of amides is 1. The van der Waals surface area contributed by atoms with Gasteiger partial charge in [-0.3, -0.25) is 4.79 Å². The normalized spacial score (nSPS) is 19.9. The third-order valence-electron chi connectivity index (χ3n) is 3.71. The van der Waals surface area contributed by atoms with Crippen LogP contribution in [0.1, 0.15) is 33.0 Å². The smallest absolute Gasteiger partial charge is 0.263 e. The Morgan fingerprint density at radius 3 is 2.88 bits per heavy atom. The van der Waals surface area contributed by atoms with Crippen LogP contribution in [-0.4, -0.2) is 35.6 Å². The van der Waals surface area contributed by atoms with E-state index < -0.39 is 0 Å². The van der Waals surface area contributed by atoms with Crippen molar-refractivity contribution in [2.24, 2.45) is 5.92 Å². The van der Waals surface area contributed by atoms with E-state index in [9.17, 15) is 4.79 Å². The second kappa shape index (κ2) is 4.42. The molecular formula is C13H17NO2S. The average Bonchev–Trinajstić information content (AvgIpc) is 2.71. The Balaban J connectivity index is 1.72. The molecular weight excluding hydrogens is 234 g/mol. The highest BCUT2D eigenvalue weighted by Gasteiger charge is 2.31. The number of rotatable bonds is 2. The fourth-order valence-electron chi connectivity index (χ4n) is 2.60. The Labute approximate surface area is 105 Å². The molecule has 92 valence electrons. The van der Waals surface area contributed by atoms with Crippen molar-refractivity contribution in [3.05, 3.63) is 21.4 Å². The van der Waals surface area contributed by atoms with Gasteiger partial charge in [0, 0.05) is 30.5 Å². The van der Waals surface area contributed by atoms with E-state index in [1.54, 1.807) is 11.3 Å². The van der Waals surface area contributed by atoms with Crippen LogP contribution in [0.3, 0.4) is 0 Å². The van der Waals surface area contributed by atoms with Crippen molar-refractivity contribution in [2.45, 2.75) is 25.7 Å². The second-order valence-corrected chi connectivity index (χ2v) is 6.16. The summed E-state index contributed by atoms with van der Waals surface area (Å²) in [6.45, 7) is 1.64. The van der Waals surface area contributed by atoms with Crippen molar-refractivity contribution < 1.29 is 9.90 Å². The molecule has 0 radical (unpaired) electrons. The Kier molecular flexibility index (Phi) is 2.92. The van der Waals surface area contributed by atoms with Crippen molar-refractivity contribution in [3.8, 4) is 0 Å². The third kappa shape index (κ3) is 2.00. The molecule has 1 amide bonds. The number of aryl methyl sites for hydroxylation is 2. The SMILES string of the molecule is O=C(c1cc2c(s1)CCCC2)N1CC(CO)C1. The predicted molar refractivity (Wildman–Crippen MR) is 67.4 cm³/mol. The minimum atomic E-state index is 0.161. The maximum absolute atomic E-state index is 12.2. The van der Waals surface area contributed by atoms with Gasteiger partial charge in [0.25, 0.3) is 5.91 Å². The molecule has 2 aliphatic rings. The third-order valence-corrected chi connectivity index (χ3v) is 4.94. The van der Waals surface area contributed by atoms with Crippen LogP contribution in [0.5, 0.6) is 0 Å². The number of thiophene rings is 1. The van der Waals surface area contributed by atoms with Crippen LogP contribution in [0.15, 0.2) is 6.07 Å². The molecule has 0 unspecified atom stereocenters. The monoisotopic (exact) mass is 251 g/mol. The number of hydrogen-bond donors (Lipinski definition) is 1. The molecule has 1 aliphatic heterocycles. The number of fused-ring (bicyclic) bond motifs is 1. The van der Waals surface area contributed by atoms with Crippen LogP contribution in [0, 0.1) is 5.92 Å². The van der Waals surface area contributed by atoms with E-state index in [4.69, 9.17) is 5.11 Å². The largest absolute Gasteiger partial charge is 0.396 e. The summed E-state index contributed by atoms with van der Waals surface area (Å²) in [5.74, 6) is 0.461. The summed E-state index contributed by atoms with van der Waals surface area (Å²) < 4.78 is 0. The summed E-state index contributed by atoms with van der Waals surface area (Å²) in [5.41, 5.74) is 1.39. The van der Waals surface area contributed by atoms with Crippen molar-refractivity contribution in [2.75, 3.05) is 19.7 Å². The number of likely N-dealkylation sites (tertiary alicyclic amines) is 1. The van der Waals surface area contributed by atoms with Crippen molar-refractivity contribution in [1.82, 2.24) is 4.90 Å². The summed E-state index contributed by atoms with van der Waals surface area (Å²) in [4.78, 5) is 16.3. The molecule has 0 bridgehead atoms. The Morgan fingerprint density at radius 2 is 2.18 bits per heavy atom. The summed E-state index contributed by atoms with van der Waals surface area (Å²) in [6.07, 6.45) is 4.80. The van der Waals surface area contributed by atoms with Gasteiger partial charge in [-0.15, -0.1) is 11.3 Å². The van der Waals surface area contributed by atoms with Gasteiger partial charge in [-0.25, -0.2) is 0 Å². The van der Waals surface area contributed by atoms with Crippen LogP contribution in [0.4, 0.5) is 0 Å². The van der Waals surface area contributed by atoms with E-state index in [0.717, 1.165) is 30.8 Å². The van der Waals surface area contributed by atoms with Gasteiger partial charge >= 0.3 is 0 Å². The summed E-state index contributed by atoms with van der Waals surface area (Å²) >= 11 is 1.68. The molecule has 1 aliphatic carbocycles. The zero-order valence-corrected chi connectivity index (χ0v) is 10.6. The molecule has 3 rings (SSSR count). The molecule has 0 aromatic carbocycles. The lowest BCUT2D eigenvalue weighted by atomic mass is 9.98. The molecule has 1 fully saturated rings. The zero-order valence-electron chi connectivity index (χ0n) is 9.82. The minimum absolute atomic E-state index is 0.161. The Hall–Kier alpha value is -0.870. The van der Waals surface area contributed by atoms with Gasteiger partial charge in [-0.1, -0.05) is 0 Å². The topological polar surface area (TPSA) is 40.5 Å². The van der Waals surface area contributed by atoms with Crippen LogP contribution >= 0.6 is 11.3 Å². The molecule has 1 saturated heterocycles. The van der Waals surface area contributed by atoms with E-state index in [-0.39, 0.29) is 12.5 Å². The molecule has 0 spiro atoms. The number of nitrogens with zero attached hydrogens (tertiary/aromatic N) is 1. The summed E-state index contributed by atoms with van der Waals surface area (Å²) in [6, 6.07) is 2.09. The Bertz CT molecular complexity index is 411. The number of hydrogen-bond acceptors (Lipinski definition) is 3. The van der Waals surface area contributed by atoms with Gasteiger partial charge in [-0.05, 0) is 37.3 Å². The molecule has 1 aromatic rings. The summed E-state index contributed by atoms with van der Waals surface area (Å²) in [5, 5.41) is 8.95. The lowest BCUT2D eigenvalue weighted by Crippen LogP contribution is -2.51. The molecule has 1 N–H and O–H groups in total. The second-order valence-electron chi connectivity index (χ2n) is 5.02. The van der Waals surface area contributed by atoms with Gasteiger partial charge in [0.05, 0.1) is 4.88 Å². The van der Waals surface area contributed by atoms with Crippen molar-refractivity contribution in [1.29, 1.82) is 0 Å². The van der Waals surface area contributed by atoms with Crippen molar-refractivity contribution >= 4 is 17.2 Å². The maximum atomic E-state index is 12.2. The van der Waals surface area contributed by atoms with E-state index in [2.05, 4.69) is 6.07 Å². The molecule has 1 aromatic heterocycles. The molecule has 3 nitrogen and oxygen atoms in total. The minimum Gasteiger partial charge on any atom is -0.396 e. The maximum Gasteiger partial charge on any atom is 0.263 e. The number of aliphatic hydroxyl groups is 1. The van der Waals surface area contributed by atoms with E-state index in [1.165, 1.54) is 23.3 Å². The fourth-order valence-corrected chi connectivity index (χ4v) is 3.82. The Morgan fingerprint density at radius 1 is 1.41 bits per heavy atom. The first-order valence-electron chi connectivity index (χ1n) is 6.29.